The maximum atomic E-state index is 13.6. The fourth-order valence-electron chi connectivity index (χ4n) is 8.41. The van der Waals surface area contributed by atoms with Crippen LogP contribution in [0.4, 0.5) is 0 Å². The topological polar surface area (TPSA) is 130 Å². The van der Waals surface area contributed by atoms with Crippen molar-refractivity contribution in [2.45, 2.75) is 78.4 Å². The lowest BCUT2D eigenvalue weighted by molar-refractivity contribution is -0.144. The van der Waals surface area contributed by atoms with Gasteiger partial charge in [-0.15, -0.1) is 0 Å². The standard InChI is InChI=1S/C52H62N2O10/c1-35-29-39(33-43(41-15-7-9-17-47(41)59-5)51(35)61-27-25-53-21-11-12-22-53)45(55)31-37(3)63-49(57)19-20-50(58)64-38(4)32-46(56)40-30-36(2)52(62-28-26-54-23-13-14-24-54)44(34-40)42-16-8-10-18-48(42)60-6/h7-10,15-20,29-30,33-34,37-38H,11-14,21-28,31-32H2,1-6H3/b20-19+. The van der Waals surface area contributed by atoms with Gasteiger partial charge in [0.2, 0.25) is 0 Å². The zero-order valence-electron chi connectivity index (χ0n) is 38.1. The van der Waals surface area contributed by atoms with Gasteiger partial charge in [-0.25, -0.2) is 9.59 Å². The van der Waals surface area contributed by atoms with E-state index in [0.29, 0.717) is 47.3 Å². The van der Waals surface area contributed by atoms with Gasteiger partial charge in [-0.3, -0.25) is 19.4 Å². The number of hydrogen-bond donors (Lipinski definition) is 0. The number of para-hydroxylation sites is 2. The van der Waals surface area contributed by atoms with E-state index >= 15 is 0 Å². The molecular weight excluding hydrogens is 813 g/mol. The summed E-state index contributed by atoms with van der Waals surface area (Å²) in [7, 11) is 3.21. The Morgan fingerprint density at radius 3 is 1.31 bits per heavy atom. The van der Waals surface area contributed by atoms with Crippen LogP contribution in [-0.4, -0.2) is 112 Å². The van der Waals surface area contributed by atoms with Gasteiger partial charge in [-0.1, -0.05) is 36.4 Å². The van der Waals surface area contributed by atoms with Crippen LogP contribution in [0.5, 0.6) is 23.0 Å². The van der Waals surface area contributed by atoms with E-state index in [0.717, 1.165) is 84.8 Å². The number of rotatable bonds is 22. The third-order valence-electron chi connectivity index (χ3n) is 11.6. The lowest BCUT2D eigenvalue weighted by Crippen LogP contribution is -2.25. The third kappa shape index (κ3) is 12.8. The van der Waals surface area contributed by atoms with Gasteiger partial charge in [0, 0.05) is 71.5 Å². The Morgan fingerprint density at radius 2 is 0.938 bits per heavy atom. The van der Waals surface area contributed by atoms with Crippen LogP contribution in [0.3, 0.4) is 0 Å². The molecule has 4 aromatic rings. The molecule has 0 aromatic heterocycles. The normalized spacial score (nSPS) is 15.2. The van der Waals surface area contributed by atoms with Crippen LogP contribution in [0.15, 0.2) is 84.9 Å². The molecule has 0 radical (unpaired) electrons. The zero-order valence-corrected chi connectivity index (χ0v) is 38.1. The predicted octanol–water partition coefficient (Wildman–Crippen LogP) is 8.87. The van der Waals surface area contributed by atoms with Crippen molar-refractivity contribution in [2.24, 2.45) is 0 Å². The lowest BCUT2D eigenvalue weighted by atomic mass is 9.95. The first kappa shape index (κ1) is 47.5. The Morgan fingerprint density at radius 1 is 0.562 bits per heavy atom. The van der Waals surface area contributed by atoms with E-state index in [4.69, 9.17) is 28.4 Å². The SMILES string of the molecule is COc1ccccc1-c1cc(C(=O)CC(C)OC(=O)/C=C/C(=O)OC(C)CC(=O)c2cc(C)c(OCCN3CCCC3)c(-c3ccccc3OC)c2)cc(C)c1OCCN1CCCC1. The predicted molar refractivity (Wildman–Crippen MR) is 247 cm³/mol. The van der Waals surface area contributed by atoms with Crippen LogP contribution in [-0.2, 0) is 19.1 Å². The van der Waals surface area contributed by atoms with Crippen LogP contribution in [0, 0.1) is 13.8 Å². The molecule has 0 N–H and O–H groups in total. The molecule has 64 heavy (non-hydrogen) atoms. The van der Waals surface area contributed by atoms with Crippen LogP contribution in [0.2, 0.25) is 0 Å². The van der Waals surface area contributed by atoms with E-state index < -0.39 is 24.1 Å². The summed E-state index contributed by atoms with van der Waals surface area (Å²) in [4.78, 5) is 57.6. The molecule has 2 saturated heterocycles. The molecule has 2 fully saturated rings. The van der Waals surface area contributed by atoms with Gasteiger partial charge in [0.15, 0.2) is 11.6 Å². The second kappa shape index (κ2) is 23.1. The monoisotopic (exact) mass is 874 g/mol. The van der Waals surface area contributed by atoms with Crippen molar-refractivity contribution in [3.63, 3.8) is 0 Å². The minimum Gasteiger partial charge on any atom is -0.496 e. The molecule has 0 bridgehead atoms. The minimum atomic E-state index is -0.810. The van der Waals surface area contributed by atoms with Crippen LogP contribution in [0.25, 0.3) is 22.3 Å². The molecule has 6 rings (SSSR count). The van der Waals surface area contributed by atoms with E-state index in [-0.39, 0.29) is 24.4 Å². The number of ketones is 2. The van der Waals surface area contributed by atoms with Crippen molar-refractivity contribution >= 4 is 23.5 Å². The summed E-state index contributed by atoms with van der Waals surface area (Å²) in [6.07, 6.45) is 4.93. The van der Waals surface area contributed by atoms with E-state index in [1.165, 1.54) is 25.7 Å². The number of aryl methyl sites for hydroxylation is 2. The van der Waals surface area contributed by atoms with Gasteiger partial charge in [0.05, 0.1) is 14.2 Å². The third-order valence-corrected chi connectivity index (χ3v) is 11.6. The lowest BCUT2D eigenvalue weighted by Gasteiger charge is -2.20. The van der Waals surface area contributed by atoms with Crippen molar-refractivity contribution in [3.8, 4) is 45.3 Å². The van der Waals surface area contributed by atoms with Crippen molar-refractivity contribution in [1.82, 2.24) is 9.80 Å². The zero-order chi connectivity index (χ0) is 45.6. The number of nitrogens with zero attached hydrogens (tertiary/aromatic N) is 2. The number of hydrogen-bond acceptors (Lipinski definition) is 12. The Kier molecular flexibility index (Phi) is 17.1. The van der Waals surface area contributed by atoms with Gasteiger partial charge < -0.3 is 28.4 Å². The number of ether oxygens (including phenoxy) is 6. The maximum Gasteiger partial charge on any atom is 0.331 e. The van der Waals surface area contributed by atoms with Crippen LogP contribution < -0.4 is 18.9 Å². The average Bonchev–Trinajstić information content (AvgIpc) is 4.02. The summed E-state index contributed by atoms with van der Waals surface area (Å²) in [5.41, 5.74) is 5.56. The van der Waals surface area contributed by atoms with E-state index in [1.807, 2.05) is 62.4 Å². The Bertz CT molecular complexity index is 2130. The Hall–Kier alpha value is -5.98. The molecule has 4 aromatic carbocycles. The molecule has 12 nitrogen and oxygen atoms in total. The molecule has 0 aliphatic carbocycles. The molecule has 2 unspecified atom stereocenters. The van der Waals surface area contributed by atoms with Crippen molar-refractivity contribution in [1.29, 1.82) is 0 Å². The molecule has 2 atom stereocenters. The molecule has 2 aliphatic heterocycles. The number of Topliss-reactive ketones (excluding diaryl/α,β-unsaturated/α-hetero) is 2. The summed E-state index contributed by atoms with van der Waals surface area (Å²) in [5.74, 6) is 0.601. The highest BCUT2D eigenvalue weighted by Gasteiger charge is 2.23. The van der Waals surface area contributed by atoms with Crippen molar-refractivity contribution in [3.05, 3.63) is 107 Å². The summed E-state index contributed by atoms with van der Waals surface area (Å²) in [6.45, 7) is 14.0. The molecule has 0 spiro atoms. The van der Waals surface area contributed by atoms with E-state index in [1.54, 1.807) is 52.3 Å². The quantitative estimate of drug-likeness (QED) is 0.0425. The van der Waals surface area contributed by atoms with Gasteiger partial charge in [0.1, 0.15) is 48.4 Å². The number of benzene rings is 4. The van der Waals surface area contributed by atoms with Crippen molar-refractivity contribution in [2.75, 3.05) is 66.7 Å². The van der Waals surface area contributed by atoms with Gasteiger partial charge in [-0.05, 0) is 127 Å². The number of likely N-dealkylation sites (tertiary alicyclic amines) is 2. The summed E-state index contributed by atoms with van der Waals surface area (Å²) < 4.78 is 35.0. The van der Waals surface area contributed by atoms with Gasteiger partial charge >= 0.3 is 11.9 Å². The molecule has 340 valence electrons. The Balaban J connectivity index is 1.04. The fraction of sp³-hybridized carbons (Fsp3) is 0.423. The highest BCUT2D eigenvalue weighted by atomic mass is 16.5. The number of carbonyl (C=O) groups excluding carboxylic acids is 4. The largest absolute Gasteiger partial charge is 0.496 e. The minimum absolute atomic E-state index is 0.0902. The molecule has 0 saturated carbocycles. The van der Waals surface area contributed by atoms with E-state index in [2.05, 4.69) is 9.80 Å². The van der Waals surface area contributed by atoms with E-state index in [9.17, 15) is 19.2 Å². The first-order valence-electron chi connectivity index (χ1n) is 22.4. The second-order valence-electron chi connectivity index (χ2n) is 16.6. The molecule has 12 heteroatoms. The number of carbonyl (C=O) groups is 4. The molecule has 2 heterocycles. The van der Waals surface area contributed by atoms with Gasteiger partial charge in [0.25, 0.3) is 0 Å². The van der Waals surface area contributed by atoms with Crippen LogP contribution in [0.1, 0.15) is 84.2 Å². The number of methoxy groups -OCH3 is 2. The maximum absolute atomic E-state index is 13.6. The summed E-state index contributed by atoms with van der Waals surface area (Å²) >= 11 is 0. The highest BCUT2D eigenvalue weighted by Crippen LogP contribution is 2.41. The summed E-state index contributed by atoms with van der Waals surface area (Å²) in [6, 6.07) is 22.4. The van der Waals surface area contributed by atoms with Crippen molar-refractivity contribution < 1.29 is 47.6 Å². The molecule has 2 aliphatic rings. The highest BCUT2D eigenvalue weighted by molar-refractivity contribution is 6.00. The average molecular weight is 875 g/mol. The number of esters is 2. The summed E-state index contributed by atoms with van der Waals surface area (Å²) in [5, 5.41) is 0. The fourth-order valence-corrected chi connectivity index (χ4v) is 8.41. The molecular formula is C52H62N2O10. The first-order valence-corrected chi connectivity index (χ1v) is 22.4. The molecule has 0 amide bonds. The smallest absolute Gasteiger partial charge is 0.331 e. The Labute approximate surface area is 377 Å². The van der Waals surface area contributed by atoms with Crippen LogP contribution >= 0.6 is 0 Å². The van der Waals surface area contributed by atoms with Gasteiger partial charge in [-0.2, -0.15) is 0 Å². The first-order chi connectivity index (χ1) is 30.9. The second-order valence-corrected chi connectivity index (χ2v) is 16.6.